The van der Waals surface area contributed by atoms with Gasteiger partial charge in [-0.15, -0.1) is 0 Å². The molecular weight excluding hydrogens is 300 g/mol. The third-order valence-corrected chi connectivity index (χ3v) is 4.09. The molecule has 1 aromatic rings. The molecule has 0 saturated carbocycles. The van der Waals surface area contributed by atoms with E-state index in [4.69, 9.17) is 11.6 Å². The van der Waals surface area contributed by atoms with Crippen LogP contribution in [0.4, 0.5) is 5.69 Å². The number of rotatable bonds is 4. The first-order chi connectivity index (χ1) is 8.20. The quantitative estimate of drug-likeness (QED) is 0.914. The Morgan fingerprint density at radius 1 is 1.53 bits per heavy atom. The zero-order valence-electron chi connectivity index (χ0n) is 10.0. The van der Waals surface area contributed by atoms with Crippen LogP contribution in [0.2, 0.25) is 5.02 Å². The van der Waals surface area contributed by atoms with Crippen LogP contribution in [-0.4, -0.2) is 26.2 Å². The van der Waals surface area contributed by atoms with Gasteiger partial charge in [0, 0.05) is 22.6 Å². The van der Waals surface area contributed by atoms with Crippen LogP contribution in [0.15, 0.2) is 22.7 Å². The van der Waals surface area contributed by atoms with Crippen molar-refractivity contribution in [3.8, 4) is 0 Å². The summed E-state index contributed by atoms with van der Waals surface area (Å²) >= 11 is 9.55. The molecule has 2 nitrogen and oxygen atoms in total. The van der Waals surface area contributed by atoms with E-state index in [0.29, 0.717) is 0 Å². The summed E-state index contributed by atoms with van der Waals surface area (Å²) in [6.07, 6.45) is 1.27. The normalized spacial score (nSPS) is 19.9. The van der Waals surface area contributed by atoms with Gasteiger partial charge in [0.15, 0.2) is 0 Å². The SMILES string of the molecule is CCNCC1CCN(c2ccc(Cl)cc2Br)C1. The molecule has 1 fully saturated rings. The minimum absolute atomic E-state index is 0.762. The van der Waals surface area contributed by atoms with Gasteiger partial charge in [0.05, 0.1) is 5.69 Å². The van der Waals surface area contributed by atoms with Crippen molar-refractivity contribution in [1.29, 1.82) is 0 Å². The fourth-order valence-electron chi connectivity index (χ4n) is 2.30. The predicted molar refractivity (Wildman–Crippen MR) is 78.0 cm³/mol. The van der Waals surface area contributed by atoms with E-state index in [2.05, 4.69) is 39.1 Å². The van der Waals surface area contributed by atoms with E-state index < -0.39 is 0 Å². The van der Waals surface area contributed by atoms with Gasteiger partial charge in [-0.25, -0.2) is 0 Å². The van der Waals surface area contributed by atoms with Gasteiger partial charge in [0.1, 0.15) is 0 Å². The third-order valence-electron chi connectivity index (χ3n) is 3.22. The zero-order chi connectivity index (χ0) is 12.3. The summed E-state index contributed by atoms with van der Waals surface area (Å²) < 4.78 is 1.09. The molecule has 0 amide bonds. The molecule has 1 atom stereocenters. The molecule has 1 aromatic carbocycles. The van der Waals surface area contributed by atoms with E-state index >= 15 is 0 Å². The maximum atomic E-state index is 5.96. The van der Waals surface area contributed by atoms with E-state index in [-0.39, 0.29) is 0 Å². The Balaban J connectivity index is 2.00. The van der Waals surface area contributed by atoms with Gasteiger partial charge >= 0.3 is 0 Å². The topological polar surface area (TPSA) is 15.3 Å². The van der Waals surface area contributed by atoms with Crippen LogP contribution < -0.4 is 10.2 Å². The molecule has 0 aromatic heterocycles. The molecule has 1 N–H and O–H groups in total. The molecule has 1 aliphatic rings. The molecule has 0 radical (unpaired) electrons. The highest BCUT2D eigenvalue weighted by Crippen LogP contribution is 2.32. The molecule has 0 bridgehead atoms. The third kappa shape index (κ3) is 3.36. The van der Waals surface area contributed by atoms with Crippen molar-refractivity contribution in [3.63, 3.8) is 0 Å². The maximum Gasteiger partial charge on any atom is 0.0511 e. The smallest absolute Gasteiger partial charge is 0.0511 e. The summed E-state index contributed by atoms with van der Waals surface area (Å²) in [6.45, 7) is 6.60. The van der Waals surface area contributed by atoms with E-state index in [0.717, 1.165) is 41.6 Å². The molecule has 1 saturated heterocycles. The van der Waals surface area contributed by atoms with Gasteiger partial charge in [-0.2, -0.15) is 0 Å². The Labute approximate surface area is 116 Å². The van der Waals surface area contributed by atoms with Crippen LogP contribution in [0.25, 0.3) is 0 Å². The molecule has 0 spiro atoms. The Bertz CT molecular complexity index is 384. The Morgan fingerprint density at radius 2 is 2.35 bits per heavy atom. The summed E-state index contributed by atoms with van der Waals surface area (Å²) in [7, 11) is 0. The van der Waals surface area contributed by atoms with Gasteiger partial charge < -0.3 is 10.2 Å². The number of anilines is 1. The van der Waals surface area contributed by atoms with Crippen molar-refractivity contribution in [2.45, 2.75) is 13.3 Å². The molecule has 1 aliphatic heterocycles. The van der Waals surface area contributed by atoms with Crippen molar-refractivity contribution in [3.05, 3.63) is 27.7 Å². The monoisotopic (exact) mass is 316 g/mol. The Hall–Kier alpha value is -0.250. The molecule has 17 heavy (non-hydrogen) atoms. The summed E-state index contributed by atoms with van der Waals surface area (Å²) in [5.74, 6) is 0.762. The second kappa shape index (κ2) is 6.07. The number of halogens is 2. The molecule has 0 aliphatic carbocycles. The van der Waals surface area contributed by atoms with Gasteiger partial charge in [-0.05, 0) is 59.6 Å². The van der Waals surface area contributed by atoms with Crippen LogP contribution in [0, 0.1) is 5.92 Å². The fourth-order valence-corrected chi connectivity index (χ4v) is 3.24. The summed E-state index contributed by atoms with van der Waals surface area (Å²) in [5.41, 5.74) is 1.26. The van der Waals surface area contributed by atoms with Gasteiger partial charge in [-0.1, -0.05) is 18.5 Å². The Morgan fingerprint density at radius 3 is 3.06 bits per heavy atom. The lowest BCUT2D eigenvalue weighted by molar-refractivity contribution is 0.528. The lowest BCUT2D eigenvalue weighted by atomic mass is 10.1. The van der Waals surface area contributed by atoms with Crippen LogP contribution in [-0.2, 0) is 0 Å². The molecule has 1 heterocycles. The van der Waals surface area contributed by atoms with Gasteiger partial charge in [0.2, 0.25) is 0 Å². The highest BCUT2D eigenvalue weighted by molar-refractivity contribution is 9.10. The maximum absolute atomic E-state index is 5.96. The Kier molecular flexibility index (Phi) is 4.71. The van der Waals surface area contributed by atoms with Crippen LogP contribution in [0.5, 0.6) is 0 Å². The van der Waals surface area contributed by atoms with Crippen molar-refractivity contribution in [2.24, 2.45) is 5.92 Å². The minimum Gasteiger partial charge on any atom is -0.370 e. The number of benzene rings is 1. The van der Waals surface area contributed by atoms with Crippen LogP contribution >= 0.6 is 27.5 Å². The molecule has 94 valence electrons. The predicted octanol–water partition coefficient (Wildman–Crippen LogP) is 3.54. The standard InChI is InChI=1S/C13H18BrClN2/c1-2-16-8-10-5-6-17(9-10)13-4-3-11(15)7-12(13)14/h3-4,7,10,16H,2,5-6,8-9H2,1H3. The van der Waals surface area contributed by atoms with E-state index in [1.54, 1.807) is 0 Å². The van der Waals surface area contributed by atoms with Gasteiger partial charge in [-0.3, -0.25) is 0 Å². The lowest BCUT2D eigenvalue weighted by Gasteiger charge is -2.20. The van der Waals surface area contributed by atoms with Crippen LogP contribution in [0.3, 0.4) is 0 Å². The highest BCUT2D eigenvalue weighted by Gasteiger charge is 2.23. The summed E-state index contributed by atoms with van der Waals surface area (Å²) in [4.78, 5) is 2.43. The van der Waals surface area contributed by atoms with E-state index in [1.807, 2.05) is 12.1 Å². The minimum atomic E-state index is 0.762. The largest absolute Gasteiger partial charge is 0.370 e. The average molecular weight is 318 g/mol. The van der Waals surface area contributed by atoms with Crippen molar-refractivity contribution < 1.29 is 0 Å². The van der Waals surface area contributed by atoms with Crippen molar-refractivity contribution in [2.75, 3.05) is 31.1 Å². The first kappa shape index (κ1) is 13.2. The number of nitrogens with zero attached hydrogens (tertiary/aromatic N) is 1. The molecule has 2 rings (SSSR count). The fraction of sp³-hybridized carbons (Fsp3) is 0.538. The summed E-state index contributed by atoms with van der Waals surface area (Å²) in [6, 6.07) is 6.02. The average Bonchev–Trinajstić information content (AvgIpc) is 2.75. The first-order valence-electron chi connectivity index (χ1n) is 6.11. The van der Waals surface area contributed by atoms with E-state index in [1.165, 1.54) is 12.1 Å². The number of nitrogens with one attached hydrogen (secondary N) is 1. The van der Waals surface area contributed by atoms with Gasteiger partial charge in [0.25, 0.3) is 0 Å². The second-order valence-electron chi connectivity index (χ2n) is 4.50. The molecule has 4 heteroatoms. The first-order valence-corrected chi connectivity index (χ1v) is 7.28. The van der Waals surface area contributed by atoms with Crippen LogP contribution in [0.1, 0.15) is 13.3 Å². The lowest BCUT2D eigenvalue weighted by Crippen LogP contribution is -2.26. The van der Waals surface area contributed by atoms with Crippen molar-refractivity contribution in [1.82, 2.24) is 5.32 Å². The molecule has 1 unspecified atom stereocenters. The summed E-state index contributed by atoms with van der Waals surface area (Å²) in [5, 5.41) is 4.21. The number of hydrogen-bond donors (Lipinski definition) is 1. The molecular formula is C13H18BrClN2. The highest BCUT2D eigenvalue weighted by atomic mass is 79.9. The number of hydrogen-bond acceptors (Lipinski definition) is 2. The second-order valence-corrected chi connectivity index (χ2v) is 5.79. The zero-order valence-corrected chi connectivity index (χ0v) is 12.4. The van der Waals surface area contributed by atoms with Crippen molar-refractivity contribution >= 4 is 33.2 Å². The van der Waals surface area contributed by atoms with E-state index in [9.17, 15) is 0 Å².